The monoisotopic (exact) mass is 341 g/mol. The molecule has 1 atom stereocenters. The van der Waals surface area contributed by atoms with Gasteiger partial charge >= 0.3 is 6.18 Å². The van der Waals surface area contributed by atoms with E-state index in [4.69, 9.17) is 10.8 Å². The highest BCUT2D eigenvalue weighted by atomic mass is 19.4. The van der Waals surface area contributed by atoms with E-state index in [0.717, 1.165) is 11.6 Å². The molecule has 9 heteroatoms. The van der Waals surface area contributed by atoms with Gasteiger partial charge in [0.05, 0.1) is 6.04 Å². The zero-order chi connectivity index (χ0) is 17.9. The zero-order valence-electron chi connectivity index (χ0n) is 12.7. The summed E-state index contributed by atoms with van der Waals surface area (Å²) in [7, 11) is 0. The van der Waals surface area contributed by atoms with Crippen LogP contribution in [0, 0.1) is 16.6 Å². The van der Waals surface area contributed by atoms with E-state index in [9.17, 15) is 17.6 Å². The average molecular weight is 341 g/mol. The van der Waals surface area contributed by atoms with Crippen LogP contribution in [-0.4, -0.2) is 21.8 Å². The van der Waals surface area contributed by atoms with Crippen molar-refractivity contribution in [3.05, 3.63) is 53.3 Å². The first-order valence-electron chi connectivity index (χ1n) is 7.05. The summed E-state index contributed by atoms with van der Waals surface area (Å²) < 4.78 is 51.2. The molecule has 0 aliphatic heterocycles. The molecule has 0 unspecified atom stereocenters. The zero-order valence-corrected chi connectivity index (χ0v) is 12.7. The summed E-state index contributed by atoms with van der Waals surface area (Å²) >= 11 is 0. The van der Waals surface area contributed by atoms with Gasteiger partial charge in [-0.25, -0.2) is 4.39 Å². The van der Waals surface area contributed by atoms with Gasteiger partial charge in [0.25, 0.3) is 0 Å². The van der Waals surface area contributed by atoms with Gasteiger partial charge in [0.1, 0.15) is 17.1 Å². The maximum Gasteiger partial charge on any atom is 0.451 e. The summed E-state index contributed by atoms with van der Waals surface area (Å²) in [6, 6.07) is 7.89. The van der Waals surface area contributed by atoms with Gasteiger partial charge in [-0.3, -0.25) is 10.8 Å². The predicted molar refractivity (Wildman–Crippen MR) is 80.3 cm³/mol. The second kappa shape index (κ2) is 6.81. The van der Waals surface area contributed by atoms with E-state index >= 15 is 0 Å². The first-order valence-corrected chi connectivity index (χ1v) is 7.05. The van der Waals surface area contributed by atoms with E-state index in [-0.39, 0.29) is 22.4 Å². The molecule has 5 nitrogen and oxygen atoms in total. The summed E-state index contributed by atoms with van der Waals surface area (Å²) in [5, 5.41) is 21.2. The van der Waals surface area contributed by atoms with Gasteiger partial charge < -0.3 is 5.32 Å². The van der Waals surface area contributed by atoms with Crippen molar-refractivity contribution >= 4 is 11.7 Å². The largest absolute Gasteiger partial charge is 0.451 e. The molecule has 1 aromatic heterocycles. The number of hydrogen-bond acceptors (Lipinski definition) is 4. The molecule has 0 aliphatic carbocycles. The number of aromatic nitrogens is 2. The fourth-order valence-electron chi connectivity index (χ4n) is 2.09. The van der Waals surface area contributed by atoms with Crippen LogP contribution in [0.4, 0.5) is 23.4 Å². The summed E-state index contributed by atoms with van der Waals surface area (Å²) in [5.74, 6) is -2.05. The third kappa shape index (κ3) is 3.98. The summed E-state index contributed by atoms with van der Waals surface area (Å²) in [6.07, 6.45) is -4.33. The summed E-state index contributed by atoms with van der Waals surface area (Å²) in [6.45, 7) is 1.85. The second-order valence-electron chi connectivity index (χ2n) is 5.02. The standard InChI is InChI=1S/C15H15F4N5/c1-2-11(9-3-5-10(16)6-4-9)22-13-8-7-12(20)24(23-13)14(21)15(17,18)19/h3-8,11,20-21H,2H2,1H3,(H,22,23)/t11-/m0/s1. The van der Waals surface area contributed by atoms with Crippen molar-refractivity contribution in [3.63, 3.8) is 0 Å². The topological polar surface area (TPSA) is 77.5 Å². The van der Waals surface area contributed by atoms with Crippen molar-refractivity contribution in [1.29, 1.82) is 10.8 Å². The lowest BCUT2D eigenvalue weighted by Gasteiger charge is -2.19. The van der Waals surface area contributed by atoms with Crippen LogP contribution >= 0.6 is 0 Å². The van der Waals surface area contributed by atoms with Crippen LogP contribution in [0.2, 0.25) is 0 Å². The Labute approximate surface area is 135 Å². The lowest BCUT2D eigenvalue weighted by Crippen LogP contribution is -2.38. The van der Waals surface area contributed by atoms with Gasteiger partial charge in [-0.1, -0.05) is 19.1 Å². The molecule has 2 aromatic rings. The molecule has 2 rings (SSSR count). The summed E-state index contributed by atoms with van der Waals surface area (Å²) in [5.41, 5.74) is 0.186. The molecular weight excluding hydrogens is 326 g/mol. The molecule has 1 aromatic carbocycles. The van der Waals surface area contributed by atoms with Crippen LogP contribution in [0.5, 0.6) is 0 Å². The van der Waals surface area contributed by atoms with Crippen molar-refractivity contribution in [2.75, 3.05) is 5.32 Å². The number of hydrogen-bond donors (Lipinski definition) is 3. The van der Waals surface area contributed by atoms with E-state index in [1.165, 1.54) is 18.2 Å². The Morgan fingerprint density at radius 1 is 1.21 bits per heavy atom. The quantitative estimate of drug-likeness (QED) is 0.452. The van der Waals surface area contributed by atoms with E-state index in [2.05, 4.69) is 10.4 Å². The molecule has 0 saturated carbocycles. The minimum Gasteiger partial charge on any atom is -0.362 e. The Kier molecular flexibility index (Phi) is 5.01. The van der Waals surface area contributed by atoms with Gasteiger partial charge in [0, 0.05) is 0 Å². The third-order valence-electron chi connectivity index (χ3n) is 3.32. The Balaban J connectivity index is 2.30. The average Bonchev–Trinajstić information content (AvgIpc) is 2.53. The highest BCUT2D eigenvalue weighted by Gasteiger charge is 2.37. The van der Waals surface area contributed by atoms with Crippen molar-refractivity contribution in [2.24, 2.45) is 0 Å². The molecule has 0 bridgehead atoms. The molecule has 0 aliphatic rings. The van der Waals surface area contributed by atoms with Crippen LogP contribution in [0.15, 0.2) is 36.4 Å². The van der Waals surface area contributed by atoms with E-state index in [1.54, 1.807) is 12.1 Å². The Morgan fingerprint density at radius 2 is 1.83 bits per heavy atom. The number of rotatable bonds is 4. The minimum absolute atomic E-state index is 0.0798. The number of nitrogens with zero attached hydrogens (tertiary/aromatic N) is 2. The van der Waals surface area contributed by atoms with Gasteiger partial charge in [-0.05, 0) is 36.2 Å². The first-order chi connectivity index (χ1) is 11.2. The second-order valence-corrected chi connectivity index (χ2v) is 5.02. The number of nitrogens with one attached hydrogen (secondary N) is 3. The van der Waals surface area contributed by atoms with Crippen LogP contribution in [0.1, 0.15) is 24.9 Å². The van der Waals surface area contributed by atoms with Gasteiger partial charge in [-0.2, -0.15) is 17.9 Å². The predicted octanol–water partition coefficient (Wildman–Crippen LogP) is 3.45. The van der Waals surface area contributed by atoms with Crippen molar-refractivity contribution in [2.45, 2.75) is 25.6 Å². The van der Waals surface area contributed by atoms with Crippen molar-refractivity contribution in [1.82, 2.24) is 9.78 Å². The molecule has 1 heterocycles. The van der Waals surface area contributed by atoms with Gasteiger partial charge in [0.2, 0.25) is 5.84 Å². The molecule has 0 saturated heterocycles. The summed E-state index contributed by atoms with van der Waals surface area (Å²) in [4.78, 5) is 0. The minimum atomic E-state index is -4.91. The Bertz CT molecular complexity index is 780. The van der Waals surface area contributed by atoms with E-state index < -0.39 is 17.5 Å². The number of alkyl halides is 3. The van der Waals surface area contributed by atoms with Gasteiger partial charge in [0.15, 0.2) is 0 Å². The Hall–Kier alpha value is -2.71. The first kappa shape index (κ1) is 17.6. The smallest absolute Gasteiger partial charge is 0.362 e. The van der Waals surface area contributed by atoms with Gasteiger partial charge in [-0.15, -0.1) is 5.10 Å². The molecule has 0 radical (unpaired) electrons. The maximum absolute atomic E-state index is 13.0. The van der Waals surface area contributed by atoms with E-state index in [0.29, 0.717) is 6.42 Å². The SMILES string of the molecule is CC[C@H](Nc1ccc(=N)n(C(=N)C(F)(F)F)n1)c1ccc(F)cc1. The lowest BCUT2D eigenvalue weighted by molar-refractivity contribution is -0.0632. The molecule has 0 amide bonds. The Morgan fingerprint density at radius 3 is 2.38 bits per heavy atom. The maximum atomic E-state index is 13.0. The highest BCUT2D eigenvalue weighted by molar-refractivity contribution is 5.85. The molecule has 3 N–H and O–H groups in total. The molecule has 0 fully saturated rings. The van der Waals surface area contributed by atoms with Crippen LogP contribution in [0.25, 0.3) is 0 Å². The number of benzene rings is 1. The third-order valence-corrected chi connectivity index (χ3v) is 3.32. The lowest BCUT2D eigenvalue weighted by atomic mass is 10.0. The number of anilines is 1. The van der Waals surface area contributed by atoms with Crippen molar-refractivity contribution in [3.8, 4) is 0 Å². The van der Waals surface area contributed by atoms with E-state index in [1.807, 2.05) is 6.92 Å². The normalized spacial score (nSPS) is 12.7. The molecular formula is C15H15F4N5. The van der Waals surface area contributed by atoms with Crippen molar-refractivity contribution < 1.29 is 17.6 Å². The fourth-order valence-corrected chi connectivity index (χ4v) is 2.09. The number of halogens is 4. The van der Waals surface area contributed by atoms with Crippen LogP contribution in [-0.2, 0) is 0 Å². The van der Waals surface area contributed by atoms with Crippen LogP contribution < -0.4 is 10.8 Å². The molecule has 0 spiro atoms. The van der Waals surface area contributed by atoms with Crippen LogP contribution in [0.3, 0.4) is 0 Å². The molecule has 24 heavy (non-hydrogen) atoms. The fraction of sp³-hybridized carbons (Fsp3) is 0.267. The molecule has 128 valence electrons. The highest BCUT2D eigenvalue weighted by Crippen LogP contribution is 2.22.